The van der Waals surface area contributed by atoms with E-state index in [4.69, 9.17) is 0 Å². The fourth-order valence-corrected chi connectivity index (χ4v) is 1.63. The molecule has 0 bridgehead atoms. The molecule has 0 radical (unpaired) electrons. The van der Waals surface area contributed by atoms with Crippen molar-refractivity contribution in [3.8, 4) is 0 Å². The maximum absolute atomic E-state index is 12.6. The number of hydrogen-bond acceptors (Lipinski definition) is 0. The Bertz CT molecular complexity index is 97.2. The average molecular weight is 174 g/mol. The first-order valence-corrected chi connectivity index (χ1v) is 5.22. The van der Waals surface area contributed by atoms with Gasteiger partial charge < -0.3 is 0 Å². The Balaban J connectivity index is 3.63. The Hall–Kier alpha value is -0.0700. The lowest BCUT2D eigenvalue weighted by molar-refractivity contribution is 0.267. The minimum atomic E-state index is -0.622. The second-order valence-electron chi connectivity index (χ2n) is 4.15. The Kier molecular flexibility index (Phi) is 6.41. The fraction of sp³-hybridized carbons (Fsp3) is 1.00. The first-order valence-electron chi connectivity index (χ1n) is 5.22. The zero-order valence-electron chi connectivity index (χ0n) is 8.94. The highest BCUT2D eigenvalue weighted by Gasteiger charge is 2.13. The van der Waals surface area contributed by atoms with Crippen molar-refractivity contribution in [3.05, 3.63) is 0 Å². The van der Waals surface area contributed by atoms with Crippen LogP contribution in [0.3, 0.4) is 0 Å². The maximum atomic E-state index is 12.6. The van der Waals surface area contributed by atoms with Gasteiger partial charge in [0.25, 0.3) is 0 Å². The largest absolute Gasteiger partial charge is 0.248 e. The summed E-state index contributed by atoms with van der Waals surface area (Å²) in [4.78, 5) is 0. The van der Waals surface area contributed by atoms with Crippen LogP contribution in [0.5, 0.6) is 0 Å². The van der Waals surface area contributed by atoms with Crippen LogP contribution in [0.1, 0.15) is 53.4 Å². The molecule has 0 aromatic heterocycles. The molecule has 0 amide bonds. The topological polar surface area (TPSA) is 0 Å². The molecule has 0 saturated heterocycles. The Morgan fingerprint density at radius 3 is 1.92 bits per heavy atom. The maximum Gasteiger partial charge on any atom is 0.0973 e. The highest BCUT2D eigenvalue weighted by atomic mass is 19.1. The van der Waals surface area contributed by atoms with Gasteiger partial charge in [0.05, 0.1) is 6.17 Å². The molecule has 2 atom stereocenters. The van der Waals surface area contributed by atoms with Gasteiger partial charge in [-0.15, -0.1) is 0 Å². The standard InChI is InChI=1S/C11H23F/c1-5-6-11(9(2)3)8-7-10(4)12/h9-11H,5-8H2,1-4H3/t10?,11-/m0/s1. The summed E-state index contributed by atoms with van der Waals surface area (Å²) >= 11 is 0. The lowest BCUT2D eigenvalue weighted by Gasteiger charge is -2.20. The van der Waals surface area contributed by atoms with Crippen LogP contribution < -0.4 is 0 Å². The van der Waals surface area contributed by atoms with Crippen molar-refractivity contribution in [3.63, 3.8) is 0 Å². The Morgan fingerprint density at radius 1 is 1.00 bits per heavy atom. The Labute approximate surface area is 76.6 Å². The van der Waals surface area contributed by atoms with Crippen molar-refractivity contribution in [1.29, 1.82) is 0 Å². The van der Waals surface area contributed by atoms with Gasteiger partial charge in [0.15, 0.2) is 0 Å². The van der Waals surface area contributed by atoms with Crippen molar-refractivity contribution < 1.29 is 4.39 Å². The van der Waals surface area contributed by atoms with Crippen LogP contribution >= 0.6 is 0 Å². The quantitative estimate of drug-likeness (QED) is 0.566. The summed E-state index contributed by atoms with van der Waals surface area (Å²) in [6.07, 6.45) is 3.66. The van der Waals surface area contributed by atoms with Crippen LogP contribution in [0.2, 0.25) is 0 Å². The molecule has 0 rings (SSSR count). The molecule has 0 fully saturated rings. The van der Waals surface area contributed by atoms with Crippen LogP contribution in [-0.2, 0) is 0 Å². The number of rotatable bonds is 6. The average Bonchev–Trinajstić information content (AvgIpc) is 1.96. The van der Waals surface area contributed by atoms with Gasteiger partial charge in [-0.05, 0) is 31.6 Å². The van der Waals surface area contributed by atoms with E-state index in [1.807, 2.05) is 0 Å². The van der Waals surface area contributed by atoms with E-state index in [0.29, 0.717) is 5.92 Å². The summed E-state index contributed by atoms with van der Waals surface area (Å²) in [5, 5.41) is 0. The molecule has 0 nitrogen and oxygen atoms in total. The first-order chi connectivity index (χ1) is 5.57. The molecule has 0 aliphatic heterocycles. The number of hydrogen-bond donors (Lipinski definition) is 0. The highest BCUT2D eigenvalue weighted by Crippen LogP contribution is 2.23. The van der Waals surface area contributed by atoms with Gasteiger partial charge in [-0.1, -0.05) is 33.6 Å². The second-order valence-corrected chi connectivity index (χ2v) is 4.15. The fourth-order valence-electron chi connectivity index (χ4n) is 1.63. The smallest absolute Gasteiger partial charge is 0.0973 e. The second kappa shape index (κ2) is 6.45. The molecule has 0 spiro atoms. The zero-order chi connectivity index (χ0) is 9.56. The van der Waals surface area contributed by atoms with Crippen LogP contribution in [0, 0.1) is 11.8 Å². The minimum Gasteiger partial charge on any atom is -0.248 e. The molecule has 0 N–H and O–H groups in total. The van der Waals surface area contributed by atoms with Crippen LogP contribution in [0.25, 0.3) is 0 Å². The predicted molar refractivity (Wildman–Crippen MR) is 53.0 cm³/mol. The minimum absolute atomic E-state index is 0.622. The molecule has 1 unspecified atom stereocenters. The van der Waals surface area contributed by atoms with Gasteiger partial charge in [0.1, 0.15) is 0 Å². The van der Waals surface area contributed by atoms with Crippen molar-refractivity contribution in [2.75, 3.05) is 0 Å². The van der Waals surface area contributed by atoms with E-state index in [1.165, 1.54) is 12.8 Å². The third-order valence-corrected chi connectivity index (χ3v) is 2.54. The molecule has 0 aromatic carbocycles. The normalized spacial score (nSPS) is 16.5. The van der Waals surface area contributed by atoms with Crippen LogP contribution in [-0.4, -0.2) is 6.17 Å². The van der Waals surface area contributed by atoms with Crippen molar-refractivity contribution >= 4 is 0 Å². The summed E-state index contributed by atoms with van der Waals surface area (Å²) in [7, 11) is 0. The molecule has 1 heteroatoms. The first kappa shape index (κ1) is 11.9. The van der Waals surface area contributed by atoms with E-state index in [0.717, 1.165) is 18.8 Å². The molecular weight excluding hydrogens is 151 g/mol. The summed E-state index contributed by atoms with van der Waals surface area (Å²) in [6.45, 7) is 8.34. The molecule has 0 aliphatic carbocycles. The van der Waals surface area contributed by atoms with Crippen LogP contribution in [0.15, 0.2) is 0 Å². The molecular formula is C11H23F. The van der Waals surface area contributed by atoms with Gasteiger partial charge in [-0.3, -0.25) is 0 Å². The summed E-state index contributed by atoms with van der Waals surface area (Å²) in [6, 6.07) is 0. The molecule has 0 saturated carbocycles. The number of halogens is 1. The molecule has 0 aromatic rings. The van der Waals surface area contributed by atoms with Crippen molar-refractivity contribution in [2.24, 2.45) is 11.8 Å². The van der Waals surface area contributed by atoms with Crippen molar-refractivity contribution in [1.82, 2.24) is 0 Å². The Morgan fingerprint density at radius 2 is 1.58 bits per heavy atom. The summed E-state index contributed by atoms with van der Waals surface area (Å²) < 4.78 is 12.6. The lowest BCUT2D eigenvalue weighted by atomic mass is 9.87. The SMILES string of the molecule is CCC[C@@H](CCC(C)F)C(C)C. The highest BCUT2D eigenvalue weighted by molar-refractivity contribution is 4.64. The van der Waals surface area contributed by atoms with E-state index in [9.17, 15) is 4.39 Å². The van der Waals surface area contributed by atoms with Crippen molar-refractivity contribution in [2.45, 2.75) is 59.5 Å². The number of alkyl halides is 1. The molecule has 0 heterocycles. The lowest BCUT2D eigenvalue weighted by Crippen LogP contribution is -2.10. The monoisotopic (exact) mass is 174 g/mol. The molecule has 0 aliphatic rings. The van der Waals surface area contributed by atoms with E-state index in [-0.39, 0.29) is 0 Å². The molecule has 12 heavy (non-hydrogen) atoms. The van der Waals surface area contributed by atoms with Gasteiger partial charge in [0.2, 0.25) is 0 Å². The van der Waals surface area contributed by atoms with Gasteiger partial charge in [-0.25, -0.2) is 4.39 Å². The van der Waals surface area contributed by atoms with E-state index in [2.05, 4.69) is 20.8 Å². The van der Waals surface area contributed by atoms with E-state index in [1.54, 1.807) is 6.92 Å². The third-order valence-electron chi connectivity index (χ3n) is 2.54. The van der Waals surface area contributed by atoms with Gasteiger partial charge in [-0.2, -0.15) is 0 Å². The van der Waals surface area contributed by atoms with Crippen LogP contribution in [0.4, 0.5) is 4.39 Å². The summed E-state index contributed by atoms with van der Waals surface area (Å²) in [5.41, 5.74) is 0. The van der Waals surface area contributed by atoms with Gasteiger partial charge >= 0.3 is 0 Å². The zero-order valence-corrected chi connectivity index (χ0v) is 8.94. The van der Waals surface area contributed by atoms with E-state index >= 15 is 0 Å². The van der Waals surface area contributed by atoms with E-state index < -0.39 is 6.17 Å². The van der Waals surface area contributed by atoms with Gasteiger partial charge in [0, 0.05) is 0 Å². The predicted octanol–water partition coefficient (Wildman–Crippen LogP) is 4.20. The molecule has 74 valence electrons. The summed E-state index contributed by atoms with van der Waals surface area (Å²) in [5.74, 6) is 1.44. The third kappa shape index (κ3) is 5.56.